The Morgan fingerprint density at radius 1 is 0.853 bits per heavy atom. The van der Waals surface area contributed by atoms with Gasteiger partial charge in [-0.05, 0) is 18.6 Å². The van der Waals surface area contributed by atoms with E-state index in [4.69, 9.17) is 51.6 Å². The Hall–Kier alpha value is 0.399. The molecule has 2 bridgehead atoms. The molecule has 201 valence electrons. The maximum atomic E-state index is 9.14. The number of fused-ring (bicyclic) bond motifs is 4. The fourth-order valence-electron chi connectivity index (χ4n) is 5.02. The van der Waals surface area contributed by atoms with Crippen molar-refractivity contribution in [3.8, 4) is 0 Å². The molecule has 1 N–H and O–H groups in total. The Bertz CT molecular complexity index is 674. The molecule has 0 aromatic carbocycles. The number of rotatable bonds is 4. The summed E-state index contributed by atoms with van der Waals surface area (Å²) in [5.74, 6) is 0.917. The maximum absolute atomic E-state index is 9.14. The minimum atomic E-state index is 0. The van der Waals surface area contributed by atoms with Gasteiger partial charge < -0.3 is 26.4 Å². The molecular weight excluding hydrogens is 532 g/mol. The molecule has 0 amide bonds. The van der Waals surface area contributed by atoms with Crippen molar-refractivity contribution in [1.82, 2.24) is 4.98 Å². The summed E-state index contributed by atoms with van der Waals surface area (Å²) in [7, 11) is 9.59. The summed E-state index contributed by atoms with van der Waals surface area (Å²) in [4.78, 5) is 6.16. The maximum Gasteiger partial charge on any atom is 0 e. The van der Waals surface area contributed by atoms with E-state index >= 15 is 0 Å². The molecule has 2 saturated carbocycles. The van der Waals surface area contributed by atoms with Gasteiger partial charge in [0, 0.05) is 32.9 Å². The number of halogens is 2. The van der Waals surface area contributed by atoms with Gasteiger partial charge in [0.2, 0.25) is 0 Å². The average Bonchev–Trinajstić information content (AvgIpc) is 2.86. The number of hydrogen-bond donors (Lipinski definition) is 1. The third-order valence-electron chi connectivity index (χ3n) is 6.67. The van der Waals surface area contributed by atoms with Crippen molar-refractivity contribution in [2.24, 2.45) is 0 Å². The largest absolute Gasteiger partial charge is 0 e. The molecule has 3 aliphatic rings. The quantitative estimate of drug-likeness (QED) is 0.226. The number of aromatic nitrogens is 1. The summed E-state index contributed by atoms with van der Waals surface area (Å²) in [6, 6.07) is 5.70. The minimum Gasteiger partial charge on any atom is 0 e. The summed E-state index contributed by atoms with van der Waals surface area (Å²) >= 11 is 1.80. The van der Waals surface area contributed by atoms with Crippen molar-refractivity contribution < 1.29 is 22.5 Å². The molecule has 10 heteroatoms. The molecule has 2 fully saturated rings. The first kappa shape index (κ1) is 29.0. The van der Waals surface area contributed by atoms with Crippen molar-refractivity contribution in [2.75, 3.05) is 25.4 Å². The molecule has 4 atom stereocenters. The standard InChI is InChI=1S/C24H37N5OS.2ClH.Mn.3H2/c30-12-5-13-31-20-14-18-16-27-23-8-3-1-6-21(23)25-10-11-26-22-7-2-4-9-24(22)28-17-19(15-20)29-18;;;;;;/h14-15,21-24,30H,1-13,16-17H2;2*1H;;3*1H/q-4;;;+2;;;/p-2/t21-,22?,23-,24?;;;;;;/m1....../s1. The zero-order valence-corrected chi connectivity index (χ0v) is 23.3. The second kappa shape index (κ2) is 17.0. The van der Waals surface area contributed by atoms with Crippen LogP contribution in [0.5, 0.6) is 0 Å². The van der Waals surface area contributed by atoms with Gasteiger partial charge in [-0.3, -0.25) is 4.98 Å². The smallest absolute Gasteiger partial charge is 0 e. The molecule has 2 unspecified atom stereocenters. The minimum absolute atomic E-state index is 0. The van der Waals surface area contributed by atoms with E-state index in [1.807, 2.05) is 0 Å². The SMILES string of the molecule is OCCCSc1cc2nc(c1)C[N-][C@@H]1CCCC[C@H]1[N-]CC[N-]C1CCCCC1[N-]C2.[Cl][Mn][Cl].[HH].[HH].[HH]. The van der Waals surface area contributed by atoms with Crippen LogP contribution >= 0.6 is 32.0 Å². The normalized spacial score (nSPS) is 28.3. The van der Waals surface area contributed by atoms with E-state index in [9.17, 15) is 0 Å². The summed E-state index contributed by atoms with van der Waals surface area (Å²) < 4.78 is 0. The van der Waals surface area contributed by atoms with E-state index in [2.05, 4.69) is 12.1 Å². The van der Waals surface area contributed by atoms with Gasteiger partial charge in [-0.1, -0.05) is 51.4 Å². The van der Waals surface area contributed by atoms with Crippen LogP contribution in [0.3, 0.4) is 0 Å². The van der Waals surface area contributed by atoms with Crippen LogP contribution in [-0.4, -0.2) is 59.7 Å². The van der Waals surface area contributed by atoms with Crippen molar-refractivity contribution in [3.63, 3.8) is 0 Å². The van der Waals surface area contributed by atoms with Gasteiger partial charge >= 0.3 is 33.3 Å². The molecule has 0 radical (unpaired) electrons. The number of aliphatic hydroxyl groups excluding tert-OH is 1. The van der Waals surface area contributed by atoms with E-state index < -0.39 is 0 Å². The molecule has 1 aromatic rings. The van der Waals surface area contributed by atoms with Crippen molar-refractivity contribution in [1.29, 1.82) is 0 Å². The molecular formula is C24H43Cl2MnN5OS-4. The number of pyridine rings is 1. The van der Waals surface area contributed by atoms with Crippen molar-refractivity contribution in [2.45, 2.75) is 99.9 Å². The fourth-order valence-corrected chi connectivity index (χ4v) is 5.97. The number of aliphatic hydroxyl groups is 1. The van der Waals surface area contributed by atoms with Gasteiger partial charge in [-0.25, -0.2) is 0 Å². The Balaban J connectivity index is 0.00000206. The fraction of sp³-hybridized carbons (Fsp3) is 0.792. The first-order chi connectivity index (χ1) is 16.7. The molecule has 2 aliphatic carbocycles. The second-order valence-corrected chi connectivity index (χ2v) is 12.2. The Morgan fingerprint density at radius 3 is 1.74 bits per heavy atom. The van der Waals surface area contributed by atoms with Gasteiger partial charge in [0.15, 0.2) is 0 Å². The Morgan fingerprint density at radius 2 is 1.29 bits per heavy atom. The van der Waals surface area contributed by atoms with E-state index in [0.29, 0.717) is 37.3 Å². The van der Waals surface area contributed by atoms with Gasteiger partial charge in [0.1, 0.15) is 0 Å². The summed E-state index contributed by atoms with van der Waals surface area (Å²) in [5, 5.41) is 29.3. The Labute approximate surface area is 228 Å². The van der Waals surface area contributed by atoms with E-state index in [1.165, 1.54) is 30.6 Å². The molecule has 4 rings (SSSR count). The zero-order valence-electron chi connectivity index (χ0n) is 19.8. The monoisotopic (exact) mass is 574 g/mol. The summed E-state index contributed by atoms with van der Waals surface area (Å²) in [5.41, 5.74) is 2.09. The van der Waals surface area contributed by atoms with Crippen LogP contribution < -0.4 is 0 Å². The first-order valence-electron chi connectivity index (χ1n) is 12.5. The number of thioether (sulfide) groups is 1. The van der Waals surface area contributed by atoms with E-state index in [-0.39, 0.29) is 24.0 Å². The van der Waals surface area contributed by atoms with Crippen LogP contribution in [0.4, 0.5) is 0 Å². The van der Waals surface area contributed by atoms with Crippen LogP contribution in [0.15, 0.2) is 17.0 Å². The molecule has 6 nitrogen and oxygen atoms in total. The van der Waals surface area contributed by atoms with Crippen LogP contribution in [0.2, 0.25) is 0 Å². The average molecular weight is 576 g/mol. The topological polar surface area (TPSA) is 89.5 Å². The predicted molar refractivity (Wildman–Crippen MR) is 147 cm³/mol. The van der Waals surface area contributed by atoms with E-state index in [0.717, 1.165) is 62.3 Å². The van der Waals surface area contributed by atoms with Crippen molar-refractivity contribution >= 4 is 32.0 Å². The van der Waals surface area contributed by atoms with Crippen LogP contribution in [0.25, 0.3) is 21.3 Å². The zero-order chi connectivity index (χ0) is 24.0. The molecule has 1 aliphatic heterocycles. The van der Waals surface area contributed by atoms with Gasteiger partial charge in [0.25, 0.3) is 0 Å². The molecule has 0 saturated heterocycles. The predicted octanol–water partition coefficient (Wildman–Crippen LogP) is 7.80. The van der Waals surface area contributed by atoms with Gasteiger partial charge in [-0.15, -0.1) is 24.9 Å². The summed E-state index contributed by atoms with van der Waals surface area (Å²) in [6.07, 6.45) is 10.4. The first-order valence-corrected chi connectivity index (χ1v) is 16.7. The molecule has 1 aromatic heterocycles. The van der Waals surface area contributed by atoms with E-state index in [1.54, 1.807) is 11.8 Å². The van der Waals surface area contributed by atoms with Gasteiger partial charge in [-0.2, -0.15) is 37.3 Å². The third-order valence-corrected chi connectivity index (χ3v) is 7.73. The molecule has 0 spiro atoms. The Kier molecular flexibility index (Phi) is 14.5. The van der Waals surface area contributed by atoms with Crippen molar-refractivity contribution in [3.05, 3.63) is 44.8 Å². The van der Waals surface area contributed by atoms with Crippen LogP contribution in [-0.2, 0) is 26.2 Å². The van der Waals surface area contributed by atoms with Gasteiger partial charge in [0.05, 0.1) is 0 Å². The van der Waals surface area contributed by atoms with Crippen LogP contribution in [0.1, 0.15) is 73.5 Å². The number of nitrogens with zero attached hydrogens (tertiary/aromatic N) is 5. The number of hydrogen-bond acceptors (Lipinski definition) is 3. The second-order valence-electron chi connectivity index (χ2n) is 9.10. The summed E-state index contributed by atoms with van der Waals surface area (Å²) in [6.45, 7) is 3.22. The molecule has 2 heterocycles. The molecule has 34 heavy (non-hydrogen) atoms. The van der Waals surface area contributed by atoms with Crippen LogP contribution in [0, 0.1) is 0 Å². The third kappa shape index (κ3) is 10.0.